The molecule has 1 aliphatic heterocycles. The Hall–Kier alpha value is -1.81. The van der Waals surface area contributed by atoms with Crippen molar-refractivity contribution in [1.82, 2.24) is 9.80 Å². The maximum absolute atomic E-state index is 12.5. The van der Waals surface area contributed by atoms with E-state index in [0.29, 0.717) is 39.5 Å². The van der Waals surface area contributed by atoms with E-state index >= 15 is 0 Å². The Morgan fingerprint density at radius 3 is 2.48 bits per heavy atom. The molecule has 0 aliphatic carbocycles. The summed E-state index contributed by atoms with van der Waals surface area (Å²) in [4.78, 5) is 28.0. The average molecular weight is 516 g/mol. The van der Waals surface area contributed by atoms with Gasteiger partial charge in [-0.05, 0) is 67.6 Å². The summed E-state index contributed by atoms with van der Waals surface area (Å²) < 4.78 is 17.6. The molecule has 1 heterocycles. The normalized spacial score (nSPS) is 14.7. The zero-order valence-corrected chi connectivity index (χ0v) is 19.4. The third-order valence-electron chi connectivity index (χ3n) is 4.00. The smallest absolute Gasteiger partial charge is 0.410 e. The molecule has 1 fully saturated rings. The number of carbonyl (C=O) groups excluding carboxylic acids is 2. The quantitative estimate of drug-likeness (QED) is 0.411. The molecule has 0 N–H and O–H groups in total. The monoisotopic (exact) mass is 516 g/mol. The number of hydrogen-bond donors (Lipinski definition) is 0. The fourth-order valence-corrected chi connectivity index (χ4v) is 2.92. The van der Waals surface area contributed by atoms with Crippen molar-refractivity contribution in [2.75, 3.05) is 46.0 Å². The number of halogens is 1. The van der Waals surface area contributed by atoms with Crippen LogP contribution in [0.4, 0.5) is 4.79 Å². The Bertz CT molecular complexity index is 694. The van der Waals surface area contributed by atoms with Crippen LogP contribution in [0.15, 0.2) is 36.4 Å². The van der Waals surface area contributed by atoms with Crippen LogP contribution >= 0.6 is 22.6 Å². The van der Waals surface area contributed by atoms with Crippen LogP contribution < -0.4 is 4.74 Å². The van der Waals surface area contributed by atoms with E-state index in [1.807, 2.05) is 45.0 Å². The Morgan fingerprint density at radius 2 is 1.86 bits per heavy atom. The lowest BCUT2D eigenvalue weighted by molar-refractivity contribution is -0.130. The van der Waals surface area contributed by atoms with Gasteiger partial charge in [0.2, 0.25) is 5.91 Å². The van der Waals surface area contributed by atoms with Gasteiger partial charge >= 0.3 is 6.09 Å². The van der Waals surface area contributed by atoms with Gasteiger partial charge in [0.05, 0.1) is 19.8 Å². The molecule has 1 aromatic rings. The highest BCUT2D eigenvalue weighted by molar-refractivity contribution is 14.1. The van der Waals surface area contributed by atoms with Gasteiger partial charge in [-0.2, -0.15) is 0 Å². The molecule has 2 rings (SSSR count). The van der Waals surface area contributed by atoms with Gasteiger partial charge in [-0.3, -0.25) is 4.79 Å². The summed E-state index contributed by atoms with van der Waals surface area (Å²) in [5, 5.41) is 0. The molecule has 1 aromatic carbocycles. The second-order valence-corrected chi connectivity index (χ2v) is 8.81. The molecule has 160 valence electrons. The maximum atomic E-state index is 12.5. The summed E-state index contributed by atoms with van der Waals surface area (Å²) in [7, 11) is 0. The third-order valence-corrected chi connectivity index (χ3v) is 4.72. The first-order valence-corrected chi connectivity index (χ1v) is 10.7. The predicted octanol–water partition coefficient (Wildman–Crippen LogP) is 3.32. The fraction of sp³-hybridized carbons (Fsp3) is 0.524. The second-order valence-electron chi connectivity index (χ2n) is 7.57. The number of nitrogens with zero attached hydrogens (tertiary/aromatic N) is 2. The highest BCUT2D eigenvalue weighted by Gasteiger charge is 2.21. The summed E-state index contributed by atoms with van der Waals surface area (Å²) in [5.74, 6) is 0.667. The van der Waals surface area contributed by atoms with Gasteiger partial charge in [0.1, 0.15) is 18.0 Å². The van der Waals surface area contributed by atoms with Gasteiger partial charge in [0, 0.05) is 29.3 Å². The van der Waals surface area contributed by atoms with Gasteiger partial charge in [-0.15, -0.1) is 0 Å². The molecule has 0 aromatic heterocycles. The van der Waals surface area contributed by atoms with Crippen molar-refractivity contribution in [3.63, 3.8) is 0 Å². The lowest BCUT2D eigenvalue weighted by atomic mass is 10.2. The first-order valence-electron chi connectivity index (χ1n) is 9.64. The fourth-order valence-electron chi connectivity index (χ4n) is 2.56. The highest BCUT2D eigenvalue weighted by Crippen LogP contribution is 2.14. The van der Waals surface area contributed by atoms with E-state index in [2.05, 4.69) is 22.6 Å². The first kappa shape index (κ1) is 23.5. The number of carbonyl (C=O) groups is 2. The number of amides is 2. The third kappa shape index (κ3) is 9.03. The Kier molecular flexibility index (Phi) is 9.22. The molecule has 29 heavy (non-hydrogen) atoms. The Morgan fingerprint density at radius 1 is 1.21 bits per heavy atom. The van der Waals surface area contributed by atoms with Crippen LogP contribution in [0.1, 0.15) is 20.8 Å². The maximum Gasteiger partial charge on any atom is 0.410 e. The van der Waals surface area contributed by atoms with Crippen LogP contribution in [0.25, 0.3) is 0 Å². The standard InChI is InChI=1S/C21H29IN2O5/c1-21(2,3)29-20(26)24(13-16-28-18-8-6-17(22)7-9-18)10-4-5-19(25)23-11-14-27-15-12-23/h4-9H,10-16H2,1-3H3/b5-4+. The van der Waals surface area contributed by atoms with Crippen molar-refractivity contribution >= 4 is 34.6 Å². The number of ether oxygens (including phenoxy) is 3. The van der Waals surface area contributed by atoms with Gasteiger partial charge in [-0.25, -0.2) is 4.79 Å². The zero-order chi connectivity index (χ0) is 21.3. The molecule has 1 saturated heterocycles. The van der Waals surface area contributed by atoms with Crippen LogP contribution in [0.2, 0.25) is 0 Å². The summed E-state index contributed by atoms with van der Waals surface area (Å²) in [6, 6.07) is 7.70. The number of morpholine rings is 1. The molecule has 7 nitrogen and oxygen atoms in total. The molecule has 0 unspecified atom stereocenters. The minimum absolute atomic E-state index is 0.0763. The van der Waals surface area contributed by atoms with E-state index in [-0.39, 0.29) is 12.5 Å². The first-order chi connectivity index (χ1) is 13.7. The molecule has 0 radical (unpaired) electrons. The van der Waals surface area contributed by atoms with Crippen LogP contribution in [0, 0.1) is 3.57 Å². The van der Waals surface area contributed by atoms with Gasteiger partial charge < -0.3 is 24.0 Å². The van der Waals surface area contributed by atoms with E-state index in [1.54, 1.807) is 11.0 Å². The largest absolute Gasteiger partial charge is 0.492 e. The van der Waals surface area contributed by atoms with Crippen molar-refractivity contribution in [1.29, 1.82) is 0 Å². The predicted molar refractivity (Wildman–Crippen MR) is 119 cm³/mol. The van der Waals surface area contributed by atoms with Crippen LogP contribution in [0.3, 0.4) is 0 Å². The van der Waals surface area contributed by atoms with Crippen LogP contribution in [0.5, 0.6) is 5.75 Å². The lowest BCUT2D eigenvalue weighted by Crippen LogP contribution is -2.40. The number of benzene rings is 1. The van der Waals surface area contributed by atoms with Crippen LogP contribution in [-0.4, -0.2) is 73.4 Å². The SMILES string of the molecule is CC(C)(C)OC(=O)N(C/C=C/C(=O)N1CCOCC1)CCOc1ccc(I)cc1. The summed E-state index contributed by atoms with van der Waals surface area (Å²) in [6.07, 6.45) is 2.75. The molecule has 0 spiro atoms. The lowest BCUT2D eigenvalue weighted by Gasteiger charge is -2.27. The summed E-state index contributed by atoms with van der Waals surface area (Å²) >= 11 is 2.23. The summed E-state index contributed by atoms with van der Waals surface area (Å²) in [5.41, 5.74) is -0.598. The van der Waals surface area contributed by atoms with E-state index in [1.165, 1.54) is 11.0 Å². The van der Waals surface area contributed by atoms with Crippen molar-refractivity contribution in [2.45, 2.75) is 26.4 Å². The molecule has 0 bridgehead atoms. The minimum atomic E-state index is -0.598. The minimum Gasteiger partial charge on any atom is -0.492 e. The van der Waals surface area contributed by atoms with Crippen LogP contribution in [-0.2, 0) is 14.3 Å². The molecular formula is C21H29IN2O5. The van der Waals surface area contributed by atoms with E-state index < -0.39 is 11.7 Å². The second kappa shape index (κ2) is 11.4. The van der Waals surface area contributed by atoms with Crippen molar-refractivity contribution in [3.8, 4) is 5.75 Å². The molecule has 8 heteroatoms. The topological polar surface area (TPSA) is 68.3 Å². The van der Waals surface area contributed by atoms with Crippen molar-refractivity contribution in [2.24, 2.45) is 0 Å². The molecule has 0 saturated carbocycles. The van der Waals surface area contributed by atoms with Crippen molar-refractivity contribution < 1.29 is 23.8 Å². The number of rotatable bonds is 7. The average Bonchev–Trinajstić information content (AvgIpc) is 2.67. The Balaban J connectivity index is 1.90. The molecule has 0 atom stereocenters. The van der Waals surface area contributed by atoms with Crippen molar-refractivity contribution in [3.05, 3.63) is 40.0 Å². The summed E-state index contributed by atoms with van der Waals surface area (Å²) in [6.45, 7) is 8.68. The van der Waals surface area contributed by atoms with E-state index in [4.69, 9.17) is 14.2 Å². The molecule has 2 amide bonds. The molecular weight excluding hydrogens is 487 g/mol. The molecule has 1 aliphatic rings. The number of hydrogen-bond acceptors (Lipinski definition) is 5. The highest BCUT2D eigenvalue weighted by atomic mass is 127. The zero-order valence-electron chi connectivity index (χ0n) is 17.2. The van der Waals surface area contributed by atoms with E-state index in [0.717, 1.165) is 9.32 Å². The van der Waals surface area contributed by atoms with E-state index in [9.17, 15) is 9.59 Å². The van der Waals surface area contributed by atoms with Gasteiger partial charge in [0.15, 0.2) is 0 Å². The Labute approximate surface area is 186 Å². The van der Waals surface area contributed by atoms with Gasteiger partial charge in [0.25, 0.3) is 0 Å². The van der Waals surface area contributed by atoms with Gasteiger partial charge in [-0.1, -0.05) is 6.08 Å².